The molecular formula is C33H38N2O5. The molecule has 1 aliphatic rings. The minimum Gasteiger partial charge on any atom is -0.507 e. The first-order chi connectivity index (χ1) is 19.2. The number of ketones is 1. The zero-order valence-corrected chi connectivity index (χ0v) is 23.9. The molecule has 1 heterocycles. The number of likely N-dealkylation sites (tertiary alicyclic amines) is 1. The maximum atomic E-state index is 13.4. The van der Waals surface area contributed by atoms with E-state index in [1.165, 1.54) is 0 Å². The molecule has 1 N–H and O–H groups in total. The van der Waals surface area contributed by atoms with Gasteiger partial charge in [0, 0.05) is 12.1 Å². The molecule has 3 aromatic rings. The van der Waals surface area contributed by atoms with Crippen LogP contribution in [0.25, 0.3) is 5.76 Å². The van der Waals surface area contributed by atoms with Crippen molar-refractivity contribution in [1.29, 1.82) is 0 Å². The van der Waals surface area contributed by atoms with Crippen molar-refractivity contribution >= 4 is 17.4 Å². The van der Waals surface area contributed by atoms with E-state index in [0.29, 0.717) is 48.1 Å². The molecule has 1 saturated heterocycles. The van der Waals surface area contributed by atoms with E-state index in [2.05, 4.69) is 13.8 Å². The van der Waals surface area contributed by atoms with E-state index in [1.807, 2.05) is 80.5 Å². The van der Waals surface area contributed by atoms with Crippen LogP contribution in [0.4, 0.5) is 0 Å². The predicted octanol–water partition coefficient (Wildman–Crippen LogP) is 6.20. The van der Waals surface area contributed by atoms with Gasteiger partial charge in [0.05, 0.1) is 18.2 Å². The summed E-state index contributed by atoms with van der Waals surface area (Å²) in [5, 5.41) is 11.5. The Morgan fingerprint density at radius 1 is 0.975 bits per heavy atom. The van der Waals surface area contributed by atoms with E-state index in [-0.39, 0.29) is 11.3 Å². The van der Waals surface area contributed by atoms with E-state index in [1.54, 1.807) is 23.1 Å². The summed E-state index contributed by atoms with van der Waals surface area (Å²) < 4.78 is 11.9. The first-order valence-corrected chi connectivity index (χ1v) is 13.7. The number of Topliss-reactive ketones (excluding diaryl/α,β-unsaturated/α-hetero) is 1. The fourth-order valence-corrected chi connectivity index (χ4v) is 4.76. The molecule has 7 nitrogen and oxygen atoms in total. The highest BCUT2D eigenvalue weighted by Gasteiger charge is 2.46. The number of nitrogens with zero attached hydrogens (tertiary/aromatic N) is 2. The number of hydrogen-bond donors (Lipinski definition) is 1. The van der Waals surface area contributed by atoms with Gasteiger partial charge in [-0.1, -0.05) is 44.2 Å². The maximum absolute atomic E-state index is 13.4. The zero-order valence-electron chi connectivity index (χ0n) is 23.9. The van der Waals surface area contributed by atoms with Gasteiger partial charge in [-0.3, -0.25) is 9.59 Å². The molecule has 1 unspecified atom stereocenters. The molecule has 1 amide bonds. The third-order valence-corrected chi connectivity index (χ3v) is 6.72. The first kappa shape index (κ1) is 28.9. The predicted molar refractivity (Wildman–Crippen MR) is 157 cm³/mol. The van der Waals surface area contributed by atoms with Gasteiger partial charge in [0.15, 0.2) is 0 Å². The molecule has 0 aromatic heterocycles. The van der Waals surface area contributed by atoms with Crippen molar-refractivity contribution in [3.8, 4) is 17.2 Å². The Hall–Kier alpha value is -4.10. The first-order valence-electron chi connectivity index (χ1n) is 13.7. The number of para-hydroxylation sites is 1. The maximum Gasteiger partial charge on any atom is 0.295 e. The number of hydrogen-bond acceptors (Lipinski definition) is 6. The number of aliphatic hydroxyl groups is 1. The second-order valence-corrected chi connectivity index (χ2v) is 10.8. The highest BCUT2D eigenvalue weighted by Crippen LogP contribution is 2.41. The zero-order chi connectivity index (χ0) is 28.8. The molecule has 210 valence electrons. The second-order valence-electron chi connectivity index (χ2n) is 10.8. The molecule has 1 atom stereocenters. The van der Waals surface area contributed by atoms with Crippen molar-refractivity contribution in [3.63, 3.8) is 0 Å². The molecule has 7 heteroatoms. The number of carbonyl (C=O) groups excluding carboxylic acids is 2. The van der Waals surface area contributed by atoms with Crippen LogP contribution in [0.1, 0.15) is 43.0 Å². The van der Waals surface area contributed by atoms with E-state index >= 15 is 0 Å². The minimum absolute atomic E-state index is 0.0713. The molecular weight excluding hydrogens is 504 g/mol. The number of aliphatic hydroxyl groups excluding tert-OH is 1. The van der Waals surface area contributed by atoms with E-state index < -0.39 is 17.7 Å². The van der Waals surface area contributed by atoms with Crippen LogP contribution in [0, 0.1) is 12.8 Å². The average molecular weight is 543 g/mol. The number of ether oxygens (including phenoxy) is 2. The fraction of sp³-hybridized carbons (Fsp3) is 0.333. The number of rotatable bonds is 11. The van der Waals surface area contributed by atoms with Crippen molar-refractivity contribution in [2.45, 2.75) is 33.2 Å². The van der Waals surface area contributed by atoms with Crippen molar-refractivity contribution < 1.29 is 24.2 Å². The van der Waals surface area contributed by atoms with E-state index in [4.69, 9.17) is 9.47 Å². The van der Waals surface area contributed by atoms with Gasteiger partial charge in [-0.2, -0.15) is 0 Å². The quantitative estimate of drug-likeness (QED) is 0.177. The number of amides is 1. The molecule has 40 heavy (non-hydrogen) atoms. The standard InChI is InChI=1S/C33H38N2O5/c1-22(2)21-39-28-16-15-25(19-23(28)3)31(36)29-30(35(33(38)32(29)37)18-10-17-34(4)5)24-11-9-14-27(20-24)40-26-12-7-6-8-13-26/h6-9,11-16,19-20,22,30,36H,10,17-18,21H2,1-5H3/b31-29+. The van der Waals surface area contributed by atoms with Gasteiger partial charge < -0.3 is 24.4 Å². The Morgan fingerprint density at radius 3 is 2.38 bits per heavy atom. The summed E-state index contributed by atoms with van der Waals surface area (Å²) in [6.07, 6.45) is 0.678. The summed E-state index contributed by atoms with van der Waals surface area (Å²) in [6.45, 7) is 7.75. The number of aryl methyl sites for hydroxylation is 1. The lowest BCUT2D eigenvalue weighted by atomic mass is 9.94. The summed E-state index contributed by atoms with van der Waals surface area (Å²) in [5.41, 5.74) is 2.05. The molecule has 0 aliphatic carbocycles. The topological polar surface area (TPSA) is 79.3 Å². The Bertz CT molecular complexity index is 1380. The summed E-state index contributed by atoms with van der Waals surface area (Å²) >= 11 is 0. The Labute approximate surface area is 236 Å². The van der Waals surface area contributed by atoms with Crippen LogP contribution in [0.3, 0.4) is 0 Å². The lowest BCUT2D eigenvalue weighted by molar-refractivity contribution is -0.139. The monoisotopic (exact) mass is 542 g/mol. The molecule has 1 aliphatic heterocycles. The summed E-state index contributed by atoms with van der Waals surface area (Å²) in [6, 6.07) is 21.3. The van der Waals surface area contributed by atoms with Crippen LogP contribution in [-0.2, 0) is 9.59 Å². The van der Waals surface area contributed by atoms with Gasteiger partial charge in [0.1, 0.15) is 23.0 Å². The van der Waals surface area contributed by atoms with Crippen LogP contribution in [0.2, 0.25) is 0 Å². The third-order valence-electron chi connectivity index (χ3n) is 6.72. The average Bonchev–Trinajstić information content (AvgIpc) is 3.17. The van der Waals surface area contributed by atoms with E-state index in [9.17, 15) is 14.7 Å². The Kier molecular flexibility index (Phi) is 9.27. The molecule has 0 bridgehead atoms. The van der Waals surface area contributed by atoms with Crippen molar-refractivity contribution in [3.05, 3.63) is 95.1 Å². The van der Waals surface area contributed by atoms with Crippen molar-refractivity contribution in [2.24, 2.45) is 5.92 Å². The molecule has 0 radical (unpaired) electrons. The highest BCUT2D eigenvalue weighted by molar-refractivity contribution is 6.46. The van der Waals surface area contributed by atoms with Crippen LogP contribution >= 0.6 is 0 Å². The SMILES string of the molecule is Cc1cc(/C(O)=C2\C(=O)C(=O)N(CCCN(C)C)C2c2cccc(Oc3ccccc3)c2)ccc1OCC(C)C. The highest BCUT2D eigenvalue weighted by atomic mass is 16.5. The Balaban J connectivity index is 1.75. The van der Waals surface area contributed by atoms with Gasteiger partial charge in [-0.25, -0.2) is 0 Å². The Morgan fingerprint density at radius 2 is 1.70 bits per heavy atom. The smallest absolute Gasteiger partial charge is 0.295 e. The van der Waals surface area contributed by atoms with Crippen molar-refractivity contribution in [2.75, 3.05) is 33.8 Å². The van der Waals surface area contributed by atoms with Crippen molar-refractivity contribution in [1.82, 2.24) is 9.80 Å². The lowest BCUT2D eigenvalue weighted by Crippen LogP contribution is -2.32. The summed E-state index contributed by atoms with van der Waals surface area (Å²) in [5.74, 6) is 0.827. The van der Waals surface area contributed by atoms with Crippen LogP contribution in [0.15, 0.2) is 78.4 Å². The van der Waals surface area contributed by atoms with Gasteiger partial charge >= 0.3 is 0 Å². The second kappa shape index (κ2) is 12.8. The number of carbonyl (C=O) groups is 2. The summed E-state index contributed by atoms with van der Waals surface area (Å²) in [4.78, 5) is 30.4. The lowest BCUT2D eigenvalue weighted by Gasteiger charge is -2.26. The van der Waals surface area contributed by atoms with Gasteiger partial charge in [-0.15, -0.1) is 0 Å². The summed E-state index contributed by atoms with van der Waals surface area (Å²) in [7, 11) is 3.93. The largest absolute Gasteiger partial charge is 0.507 e. The van der Waals surface area contributed by atoms with Crippen LogP contribution < -0.4 is 9.47 Å². The number of benzene rings is 3. The van der Waals surface area contributed by atoms with Crippen LogP contribution in [0.5, 0.6) is 17.2 Å². The van der Waals surface area contributed by atoms with Crippen LogP contribution in [-0.4, -0.2) is 60.4 Å². The molecule has 1 fully saturated rings. The normalized spacial score (nSPS) is 16.7. The molecule has 4 rings (SSSR count). The van der Waals surface area contributed by atoms with Gasteiger partial charge in [0.25, 0.3) is 11.7 Å². The fourth-order valence-electron chi connectivity index (χ4n) is 4.76. The van der Waals surface area contributed by atoms with E-state index in [0.717, 1.165) is 17.9 Å². The molecule has 0 spiro atoms. The minimum atomic E-state index is -0.751. The van der Waals surface area contributed by atoms with Gasteiger partial charge in [0.2, 0.25) is 0 Å². The third kappa shape index (κ3) is 6.72. The van der Waals surface area contributed by atoms with Gasteiger partial charge in [-0.05, 0) is 93.5 Å². The molecule has 3 aromatic carbocycles. The molecule has 0 saturated carbocycles.